The summed E-state index contributed by atoms with van der Waals surface area (Å²) in [6.45, 7) is 10.3. The van der Waals surface area contributed by atoms with Gasteiger partial charge in [0.1, 0.15) is 5.82 Å². The van der Waals surface area contributed by atoms with Crippen molar-refractivity contribution in [3.63, 3.8) is 0 Å². The third kappa shape index (κ3) is 3.43. The topological polar surface area (TPSA) is 42.1 Å². The van der Waals surface area contributed by atoms with Gasteiger partial charge in [0.2, 0.25) is 0 Å². The molecule has 0 amide bonds. The predicted molar refractivity (Wildman–Crippen MR) is 74.3 cm³/mol. The third-order valence-corrected chi connectivity index (χ3v) is 3.28. The molecular formula is C14H25N3. The quantitative estimate of drug-likeness (QED) is 0.824. The maximum absolute atomic E-state index is 5.75. The second-order valence-electron chi connectivity index (χ2n) is 4.43. The molecule has 3 heteroatoms. The number of hydrogen-bond donors (Lipinski definition) is 1. The minimum absolute atomic E-state index is 0.519. The fourth-order valence-electron chi connectivity index (χ4n) is 2.00. The van der Waals surface area contributed by atoms with Gasteiger partial charge in [-0.15, -0.1) is 0 Å². The van der Waals surface area contributed by atoms with Gasteiger partial charge in [-0.25, -0.2) is 4.98 Å². The van der Waals surface area contributed by atoms with Crippen LogP contribution in [0, 0.1) is 0 Å². The zero-order valence-corrected chi connectivity index (χ0v) is 11.5. The van der Waals surface area contributed by atoms with Gasteiger partial charge in [-0.05, 0) is 44.4 Å². The Kier molecular flexibility index (Phi) is 5.42. The van der Waals surface area contributed by atoms with E-state index in [1.54, 1.807) is 0 Å². The van der Waals surface area contributed by atoms with Crippen LogP contribution < -0.4 is 10.6 Å². The van der Waals surface area contributed by atoms with Gasteiger partial charge >= 0.3 is 0 Å². The molecule has 1 rings (SSSR count). The largest absolute Gasteiger partial charge is 0.354 e. The maximum Gasteiger partial charge on any atom is 0.129 e. The van der Waals surface area contributed by atoms with E-state index in [-0.39, 0.29) is 0 Å². The van der Waals surface area contributed by atoms with Crippen LogP contribution in [0.25, 0.3) is 0 Å². The number of hydrogen-bond acceptors (Lipinski definition) is 3. The van der Waals surface area contributed by atoms with Gasteiger partial charge in [-0.1, -0.05) is 13.8 Å². The highest BCUT2D eigenvalue weighted by Crippen LogP contribution is 2.19. The van der Waals surface area contributed by atoms with Crippen molar-refractivity contribution >= 4 is 5.82 Å². The van der Waals surface area contributed by atoms with Gasteiger partial charge in [0.15, 0.2) is 0 Å². The van der Waals surface area contributed by atoms with Crippen molar-refractivity contribution in [3.05, 3.63) is 23.4 Å². The molecule has 0 aliphatic carbocycles. The lowest BCUT2D eigenvalue weighted by Crippen LogP contribution is -2.33. The van der Waals surface area contributed by atoms with Crippen LogP contribution in [0.5, 0.6) is 0 Å². The summed E-state index contributed by atoms with van der Waals surface area (Å²) in [6.07, 6.45) is 2.09. The molecule has 2 N–H and O–H groups in total. The van der Waals surface area contributed by atoms with Crippen LogP contribution in [-0.2, 0) is 13.0 Å². The minimum Gasteiger partial charge on any atom is -0.354 e. The zero-order chi connectivity index (χ0) is 12.8. The van der Waals surface area contributed by atoms with E-state index in [9.17, 15) is 0 Å². The Labute approximate surface area is 105 Å². The molecule has 1 atom stereocenters. The Morgan fingerprint density at radius 3 is 2.47 bits per heavy atom. The van der Waals surface area contributed by atoms with Crippen molar-refractivity contribution in [2.75, 3.05) is 11.4 Å². The third-order valence-electron chi connectivity index (χ3n) is 3.28. The molecule has 0 saturated carbocycles. The van der Waals surface area contributed by atoms with E-state index in [4.69, 9.17) is 10.7 Å². The lowest BCUT2D eigenvalue weighted by molar-refractivity contribution is 0.621. The number of aryl methyl sites for hydroxylation is 1. The van der Waals surface area contributed by atoms with Gasteiger partial charge in [0.05, 0.1) is 0 Å². The van der Waals surface area contributed by atoms with E-state index in [1.165, 1.54) is 5.56 Å². The Hall–Kier alpha value is -1.09. The Morgan fingerprint density at radius 1 is 1.29 bits per heavy atom. The monoisotopic (exact) mass is 235 g/mol. The summed E-state index contributed by atoms with van der Waals surface area (Å²) >= 11 is 0. The number of nitrogens with two attached hydrogens (primary N) is 1. The SMILES string of the molecule is CCc1cc(CN)cc(N(CC)C(C)CC)n1. The summed E-state index contributed by atoms with van der Waals surface area (Å²) < 4.78 is 0. The van der Waals surface area contributed by atoms with E-state index in [1.807, 2.05) is 0 Å². The summed E-state index contributed by atoms with van der Waals surface area (Å²) in [6, 6.07) is 4.74. The molecule has 0 aromatic carbocycles. The average Bonchev–Trinajstić information content (AvgIpc) is 2.38. The first kappa shape index (κ1) is 14.0. The molecule has 0 spiro atoms. The van der Waals surface area contributed by atoms with Gasteiger partial charge in [-0.2, -0.15) is 0 Å². The highest BCUT2D eigenvalue weighted by Gasteiger charge is 2.13. The molecule has 96 valence electrons. The first-order valence-electron chi connectivity index (χ1n) is 6.62. The van der Waals surface area contributed by atoms with E-state index >= 15 is 0 Å². The van der Waals surface area contributed by atoms with E-state index in [2.05, 4.69) is 44.7 Å². The van der Waals surface area contributed by atoms with Crippen LogP contribution in [0.1, 0.15) is 45.4 Å². The minimum atomic E-state index is 0.519. The number of aromatic nitrogens is 1. The summed E-state index contributed by atoms with van der Waals surface area (Å²) in [5.74, 6) is 1.07. The lowest BCUT2D eigenvalue weighted by atomic mass is 10.1. The summed E-state index contributed by atoms with van der Waals surface area (Å²) in [5, 5.41) is 0. The molecule has 0 aliphatic rings. The highest BCUT2D eigenvalue weighted by atomic mass is 15.2. The molecule has 1 unspecified atom stereocenters. The van der Waals surface area contributed by atoms with E-state index in [0.717, 1.165) is 30.9 Å². The fraction of sp³-hybridized carbons (Fsp3) is 0.643. The lowest BCUT2D eigenvalue weighted by Gasteiger charge is -2.29. The molecule has 1 heterocycles. The molecule has 17 heavy (non-hydrogen) atoms. The van der Waals surface area contributed by atoms with Crippen LogP contribution in [0.2, 0.25) is 0 Å². The van der Waals surface area contributed by atoms with Crippen molar-refractivity contribution in [3.8, 4) is 0 Å². The zero-order valence-electron chi connectivity index (χ0n) is 11.5. The van der Waals surface area contributed by atoms with Crippen molar-refractivity contribution in [2.24, 2.45) is 5.73 Å². The Morgan fingerprint density at radius 2 is 2.00 bits per heavy atom. The first-order valence-corrected chi connectivity index (χ1v) is 6.62. The normalized spacial score (nSPS) is 12.5. The fourth-order valence-corrected chi connectivity index (χ4v) is 2.00. The van der Waals surface area contributed by atoms with Gasteiger partial charge < -0.3 is 10.6 Å². The van der Waals surface area contributed by atoms with Crippen molar-refractivity contribution < 1.29 is 0 Å². The molecule has 0 saturated heterocycles. The molecule has 0 fully saturated rings. The number of anilines is 1. The molecule has 1 aromatic heterocycles. The molecule has 3 nitrogen and oxygen atoms in total. The first-order chi connectivity index (χ1) is 8.15. The van der Waals surface area contributed by atoms with Crippen LogP contribution in [0.4, 0.5) is 5.82 Å². The van der Waals surface area contributed by atoms with Gasteiger partial charge in [0.25, 0.3) is 0 Å². The van der Waals surface area contributed by atoms with Crippen molar-refractivity contribution in [1.29, 1.82) is 0 Å². The van der Waals surface area contributed by atoms with Crippen molar-refractivity contribution in [1.82, 2.24) is 4.98 Å². The summed E-state index contributed by atoms with van der Waals surface area (Å²) in [7, 11) is 0. The van der Waals surface area contributed by atoms with Crippen LogP contribution in [0.3, 0.4) is 0 Å². The molecule has 0 bridgehead atoms. The second kappa shape index (κ2) is 6.60. The molecular weight excluding hydrogens is 210 g/mol. The average molecular weight is 235 g/mol. The maximum atomic E-state index is 5.75. The van der Waals surface area contributed by atoms with Crippen molar-refractivity contribution in [2.45, 2.75) is 53.1 Å². The highest BCUT2D eigenvalue weighted by molar-refractivity contribution is 5.43. The van der Waals surface area contributed by atoms with Crippen LogP contribution in [0.15, 0.2) is 12.1 Å². The summed E-state index contributed by atoms with van der Waals surface area (Å²) in [4.78, 5) is 7.06. The molecule has 1 aromatic rings. The summed E-state index contributed by atoms with van der Waals surface area (Å²) in [5.41, 5.74) is 8.05. The Balaban J connectivity index is 3.09. The van der Waals surface area contributed by atoms with E-state index in [0.29, 0.717) is 12.6 Å². The standard InChI is InChI=1S/C14H25N3/c1-5-11(4)17(7-3)14-9-12(10-15)8-13(6-2)16-14/h8-9,11H,5-7,10,15H2,1-4H3. The van der Waals surface area contributed by atoms with Crippen LogP contribution >= 0.6 is 0 Å². The predicted octanol–water partition coefficient (Wildman–Crippen LogP) is 2.73. The van der Waals surface area contributed by atoms with Gasteiger partial charge in [-0.3, -0.25) is 0 Å². The molecule has 0 radical (unpaired) electrons. The van der Waals surface area contributed by atoms with Crippen LogP contribution in [-0.4, -0.2) is 17.6 Å². The van der Waals surface area contributed by atoms with Gasteiger partial charge in [0, 0.05) is 24.8 Å². The number of pyridine rings is 1. The number of nitrogens with zero attached hydrogens (tertiary/aromatic N) is 2. The second-order valence-corrected chi connectivity index (χ2v) is 4.43. The smallest absolute Gasteiger partial charge is 0.129 e. The van der Waals surface area contributed by atoms with E-state index < -0.39 is 0 Å². The molecule has 0 aliphatic heterocycles. The number of rotatable bonds is 6. The Bertz CT molecular complexity index is 327.